The van der Waals surface area contributed by atoms with Crippen molar-refractivity contribution >= 4 is 35.2 Å². The molecule has 3 aliphatic heterocycles. The summed E-state index contributed by atoms with van der Waals surface area (Å²) in [6.07, 6.45) is 1.39. The molecule has 130 valence electrons. The molecule has 3 aliphatic rings. The maximum atomic E-state index is 12.8. The summed E-state index contributed by atoms with van der Waals surface area (Å²) < 4.78 is 0. The van der Waals surface area contributed by atoms with Gasteiger partial charge in [-0.15, -0.1) is 0 Å². The Balaban J connectivity index is 1.75. The Morgan fingerprint density at radius 2 is 1.88 bits per heavy atom. The molecule has 0 saturated carbocycles. The number of aliphatic imine (C=N–C) groups is 1. The van der Waals surface area contributed by atoms with Crippen molar-refractivity contribution in [2.45, 2.75) is 26.1 Å². The van der Waals surface area contributed by atoms with E-state index in [-0.39, 0.29) is 11.9 Å². The molecule has 2 unspecified atom stereocenters. The number of amides is 3. The van der Waals surface area contributed by atoms with Gasteiger partial charge in [-0.2, -0.15) is 0 Å². The number of carbonyl (C=O) groups is 2. The van der Waals surface area contributed by atoms with Crippen LogP contribution in [0.2, 0.25) is 5.02 Å². The maximum Gasteiger partial charge on any atom is 0.328 e. The number of rotatable bonds is 2. The number of nitrogens with zero attached hydrogens (tertiary/aromatic N) is 5. The number of halogens is 1. The molecule has 0 bridgehead atoms. The SMILES string of the molecule is CCN1C(=O)C2C(N=C3N(c4ccc(Cl)cc4)C(C)=CN32)N(C)C1=O. The van der Waals surface area contributed by atoms with Crippen LogP contribution in [0.25, 0.3) is 0 Å². The second-order valence-electron chi connectivity index (χ2n) is 6.25. The highest BCUT2D eigenvalue weighted by Crippen LogP contribution is 2.36. The first-order valence-electron chi connectivity index (χ1n) is 8.12. The van der Waals surface area contributed by atoms with Crippen LogP contribution in [-0.2, 0) is 4.79 Å². The molecule has 0 spiro atoms. The zero-order chi connectivity index (χ0) is 17.9. The Bertz CT molecular complexity index is 819. The lowest BCUT2D eigenvalue weighted by Gasteiger charge is -2.39. The highest BCUT2D eigenvalue weighted by atomic mass is 35.5. The lowest BCUT2D eigenvalue weighted by atomic mass is 10.1. The first-order chi connectivity index (χ1) is 11.9. The number of benzene rings is 1. The lowest BCUT2D eigenvalue weighted by Crippen LogP contribution is -2.64. The predicted octanol–water partition coefficient (Wildman–Crippen LogP) is 2.30. The fraction of sp³-hybridized carbons (Fsp3) is 0.353. The van der Waals surface area contributed by atoms with Crippen LogP contribution >= 0.6 is 11.6 Å². The number of hydrogen-bond donors (Lipinski definition) is 0. The van der Waals surface area contributed by atoms with Crippen molar-refractivity contribution in [3.63, 3.8) is 0 Å². The van der Waals surface area contributed by atoms with Crippen LogP contribution in [0.3, 0.4) is 0 Å². The number of likely N-dealkylation sites (N-methyl/N-ethyl adjacent to an activating group) is 2. The Labute approximate surface area is 150 Å². The second kappa shape index (κ2) is 5.49. The van der Waals surface area contributed by atoms with E-state index in [0.717, 1.165) is 11.4 Å². The summed E-state index contributed by atoms with van der Waals surface area (Å²) >= 11 is 5.98. The quantitative estimate of drug-likeness (QED) is 0.813. The minimum absolute atomic E-state index is 0.212. The molecule has 3 amide bonds. The molecule has 25 heavy (non-hydrogen) atoms. The van der Waals surface area contributed by atoms with E-state index in [4.69, 9.17) is 16.6 Å². The molecule has 7 nitrogen and oxygen atoms in total. The Hall–Kier alpha value is -2.54. The van der Waals surface area contributed by atoms with E-state index >= 15 is 0 Å². The smallest absolute Gasteiger partial charge is 0.302 e. The largest absolute Gasteiger partial charge is 0.328 e. The highest BCUT2D eigenvalue weighted by Gasteiger charge is 2.54. The molecule has 0 aromatic heterocycles. The molecule has 4 rings (SSSR count). The highest BCUT2D eigenvalue weighted by molar-refractivity contribution is 6.30. The van der Waals surface area contributed by atoms with Gasteiger partial charge >= 0.3 is 6.03 Å². The molecule has 1 aromatic rings. The third kappa shape index (κ3) is 2.15. The number of urea groups is 1. The van der Waals surface area contributed by atoms with Gasteiger partial charge in [-0.25, -0.2) is 9.79 Å². The van der Waals surface area contributed by atoms with Crippen molar-refractivity contribution in [2.75, 3.05) is 18.5 Å². The third-order valence-corrected chi connectivity index (χ3v) is 5.04. The van der Waals surface area contributed by atoms with E-state index in [2.05, 4.69) is 0 Å². The average molecular weight is 360 g/mol. The number of guanidine groups is 1. The normalized spacial score (nSPS) is 25.3. The molecule has 1 aromatic carbocycles. The summed E-state index contributed by atoms with van der Waals surface area (Å²) in [5.74, 6) is 0.442. The lowest BCUT2D eigenvalue weighted by molar-refractivity contribution is -0.136. The van der Waals surface area contributed by atoms with E-state index in [9.17, 15) is 9.59 Å². The monoisotopic (exact) mass is 359 g/mol. The summed E-state index contributed by atoms with van der Waals surface area (Å²) in [6, 6.07) is 6.61. The number of fused-ring (bicyclic) bond motifs is 3. The summed E-state index contributed by atoms with van der Waals surface area (Å²) in [4.78, 5) is 36.5. The van der Waals surface area contributed by atoms with Gasteiger partial charge in [0.05, 0.1) is 0 Å². The number of hydrogen-bond acceptors (Lipinski definition) is 5. The van der Waals surface area contributed by atoms with Gasteiger partial charge in [0.2, 0.25) is 5.96 Å². The van der Waals surface area contributed by atoms with Crippen molar-refractivity contribution in [3.8, 4) is 0 Å². The van der Waals surface area contributed by atoms with Gasteiger partial charge < -0.3 is 9.80 Å². The number of imide groups is 1. The van der Waals surface area contributed by atoms with Gasteiger partial charge in [0.1, 0.15) is 0 Å². The van der Waals surface area contributed by atoms with E-state index in [1.54, 1.807) is 14.0 Å². The average Bonchev–Trinajstić information content (AvgIpc) is 3.09. The van der Waals surface area contributed by atoms with Crippen LogP contribution in [0, 0.1) is 0 Å². The van der Waals surface area contributed by atoms with Gasteiger partial charge in [-0.05, 0) is 38.1 Å². The first-order valence-corrected chi connectivity index (χ1v) is 8.50. The number of anilines is 1. The molecule has 2 atom stereocenters. The number of carbonyl (C=O) groups excluding carboxylic acids is 2. The summed E-state index contributed by atoms with van der Waals surface area (Å²) in [7, 11) is 1.69. The Morgan fingerprint density at radius 3 is 2.52 bits per heavy atom. The van der Waals surface area contributed by atoms with Crippen molar-refractivity contribution in [1.82, 2.24) is 14.7 Å². The molecule has 0 N–H and O–H groups in total. The van der Waals surface area contributed by atoms with Gasteiger partial charge in [0.15, 0.2) is 12.2 Å². The van der Waals surface area contributed by atoms with Crippen LogP contribution in [0.1, 0.15) is 13.8 Å². The van der Waals surface area contributed by atoms with Crippen LogP contribution in [-0.4, -0.2) is 58.4 Å². The summed E-state index contributed by atoms with van der Waals surface area (Å²) in [5, 5.41) is 0.655. The second-order valence-corrected chi connectivity index (χ2v) is 6.69. The molecule has 3 heterocycles. The van der Waals surface area contributed by atoms with Crippen molar-refractivity contribution in [1.29, 1.82) is 0 Å². The standard InChI is InChI=1S/C17H18ClN5O2/c1-4-21-15(24)13-14(20(3)17(21)25)19-16-22(13)9-10(2)23(16)12-7-5-11(18)6-8-12/h5-9,13-14H,4H2,1-3H3. The van der Waals surface area contributed by atoms with Crippen molar-refractivity contribution in [2.24, 2.45) is 4.99 Å². The summed E-state index contributed by atoms with van der Waals surface area (Å²) in [6.45, 7) is 4.11. The predicted molar refractivity (Wildman–Crippen MR) is 95.1 cm³/mol. The Morgan fingerprint density at radius 1 is 1.20 bits per heavy atom. The topological polar surface area (TPSA) is 59.5 Å². The van der Waals surface area contributed by atoms with Crippen LogP contribution in [0.15, 0.2) is 41.2 Å². The summed E-state index contributed by atoms with van der Waals surface area (Å²) in [5.41, 5.74) is 1.86. The van der Waals surface area contributed by atoms with E-state index in [0.29, 0.717) is 17.5 Å². The Kier molecular flexibility index (Phi) is 3.50. The molecule has 8 heteroatoms. The third-order valence-electron chi connectivity index (χ3n) is 4.79. The van der Waals surface area contributed by atoms with Crippen LogP contribution in [0.5, 0.6) is 0 Å². The van der Waals surface area contributed by atoms with Crippen molar-refractivity contribution in [3.05, 3.63) is 41.2 Å². The van der Waals surface area contributed by atoms with Crippen LogP contribution < -0.4 is 4.90 Å². The maximum absolute atomic E-state index is 12.8. The van der Waals surface area contributed by atoms with E-state index in [1.807, 2.05) is 47.2 Å². The van der Waals surface area contributed by atoms with E-state index in [1.165, 1.54) is 9.80 Å². The molecule has 1 fully saturated rings. The fourth-order valence-electron chi connectivity index (χ4n) is 3.55. The molecular weight excluding hydrogens is 342 g/mol. The minimum atomic E-state index is -0.523. The number of allylic oxidation sites excluding steroid dienone is 1. The molecular formula is C17H18ClN5O2. The van der Waals surface area contributed by atoms with Gasteiger partial charge in [-0.3, -0.25) is 14.6 Å². The van der Waals surface area contributed by atoms with Gasteiger partial charge in [0, 0.05) is 36.2 Å². The van der Waals surface area contributed by atoms with Gasteiger partial charge in [-0.1, -0.05) is 11.6 Å². The van der Waals surface area contributed by atoms with E-state index < -0.39 is 12.2 Å². The minimum Gasteiger partial charge on any atom is -0.302 e. The fourth-order valence-corrected chi connectivity index (χ4v) is 3.68. The van der Waals surface area contributed by atoms with Crippen molar-refractivity contribution < 1.29 is 9.59 Å². The molecule has 1 saturated heterocycles. The van der Waals surface area contributed by atoms with Gasteiger partial charge in [0.25, 0.3) is 5.91 Å². The van der Waals surface area contributed by atoms with Crippen LogP contribution in [0.4, 0.5) is 10.5 Å². The zero-order valence-electron chi connectivity index (χ0n) is 14.2. The molecule has 0 radical (unpaired) electrons. The first kappa shape index (κ1) is 16.0. The molecule has 0 aliphatic carbocycles. The zero-order valence-corrected chi connectivity index (χ0v) is 14.9.